The Morgan fingerprint density at radius 1 is 1.42 bits per heavy atom. The number of aromatic nitrogens is 2. The summed E-state index contributed by atoms with van der Waals surface area (Å²) in [5.74, 6) is 0. The van der Waals surface area contributed by atoms with Crippen molar-refractivity contribution in [2.24, 2.45) is 0 Å². The molecule has 0 aliphatic rings. The van der Waals surface area contributed by atoms with Crippen LogP contribution in [0.3, 0.4) is 0 Å². The van der Waals surface area contributed by atoms with Crippen LogP contribution in [0.25, 0.3) is 5.65 Å². The highest BCUT2D eigenvalue weighted by atomic mass is 32.2. The lowest BCUT2D eigenvalue weighted by atomic mass is 10.3. The van der Waals surface area contributed by atoms with Crippen LogP contribution in [0.4, 0.5) is 0 Å². The third-order valence-electron chi connectivity index (χ3n) is 1.98. The SMILES string of the molecule is CSc1ccn2ccnc2c1C. The fourth-order valence-corrected chi connectivity index (χ4v) is 1.92. The first-order chi connectivity index (χ1) is 5.83. The van der Waals surface area contributed by atoms with E-state index in [9.17, 15) is 0 Å². The van der Waals surface area contributed by atoms with Crippen LogP contribution in [0.15, 0.2) is 29.6 Å². The van der Waals surface area contributed by atoms with E-state index in [0.717, 1.165) is 5.65 Å². The van der Waals surface area contributed by atoms with Crippen LogP contribution >= 0.6 is 11.8 Å². The van der Waals surface area contributed by atoms with Crippen molar-refractivity contribution in [2.45, 2.75) is 11.8 Å². The summed E-state index contributed by atoms with van der Waals surface area (Å²) in [6.07, 6.45) is 7.92. The van der Waals surface area contributed by atoms with E-state index < -0.39 is 0 Å². The van der Waals surface area contributed by atoms with E-state index in [0.29, 0.717) is 0 Å². The molecular formula is C9H10N2S. The fourth-order valence-electron chi connectivity index (χ4n) is 1.33. The molecule has 0 aliphatic carbocycles. The van der Waals surface area contributed by atoms with E-state index in [1.165, 1.54) is 10.5 Å². The van der Waals surface area contributed by atoms with Crippen molar-refractivity contribution >= 4 is 17.4 Å². The molecule has 0 amide bonds. The zero-order valence-electron chi connectivity index (χ0n) is 7.11. The zero-order valence-corrected chi connectivity index (χ0v) is 7.93. The van der Waals surface area contributed by atoms with E-state index in [2.05, 4.69) is 24.2 Å². The number of fused-ring (bicyclic) bond motifs is 1. The Hall–Kier alpha value is -0.960. The summed E-state index contributed by atoms with van der Waals surface area (Å²) in [5.41, 5.74) is 2.32. The lowest BCUT2D eigenvalue weighted by molar-refractivity contribution is 1.12. The Labute approximate surface area is 75.6 Å². The average Bonchev–Trinajstić information content (AvgIpc) is 2.53. The molecule has 0 fully saturated rings. The number of nitrogens with zero attached hydrogens (tertiary/aromatic N) is 2. The largest absolute Gasteiger partial charge is 0.307 e. The van der Waals surface area contributed by atoms with Crippen LogP contribution in [0.1, 0.15) is 5.56 Å². The Morgan fingerprint density at radius 3 is 3.00 bits per heavy atom. The standard InChI is InChI=1S/C9H10N2S/c1-7-8(12-2)3-5-11-6-4-10-9(7)11/h3-6H,1-2H3. The molecule has 0 unspecified atom stereocenters. The molecule has 3 heteroatoms. The van der Waals surface area contributed by atoms with Gasteiger partial charge in [-0.25, -0.2) is 4.98 Å². The molecule has 0 saturated carbocycles. The van der Waals surface area contributed by atoms with Gasteiger partial charge in [0.15, 0.2) is 0 Å². The number of pyridine rings is 1. The van der Waals surface area contributed by atoms with Crippen molar-refractivity contribution in [3.63, 3.8) is 0 Å². The molecule has 12 heavy (non-hydrogen) atoms. The van der Waals surface area contributed by atoms with Gasteiger partial charge in [0.05, 0.1) is 0 Å². The molecule has 0 atom stereocenters. The molecular weight excluding hydrogens is 168 g/mol. The van der Waals surface area contributed by atoms with Crippen molar-refractivity contribution in [1.29, 1.82) is 0 Å². The van der Waals surface area contributed by atoms with Crippen LogP contribution < -0.4 is 0 Å². The first-order valence-corrected chi connectivity index (χ1v) is 5.01. The van der Waals surface area contributed by atoms with Gasteiger partial charge in [-0.2, -0.15) is 0 Å². The van der Waals surface area contributed by atoms with E-state index >= 15 is 0 Å². The van der Waals surface area contributed by atoms with Crippen molar-refractivity contribution in [3.05, 3.63) is 30.2 Å². The van der Waals surface area contributed by atoms with Gasteiger partial charge in [0.1, 0.15) is 5.65 Å². The zero-order chi connectivity index (χ0) is 8.55. The third kappa shape index (κ3) is 1.01. The second-order valence-electron chi connectivity index (χ2n) is 2.67. The molecule has 2 aromatic rings. The highest BCUT2D eigenvalue weighted by molar-refractivity contribution is 7.98. The summed E-state index contributed by atoms with van der Waals surface area (Å²) in [6, 6.07) is 2.12. The number of imidazole rings is 1. The predicted octanol–water partition coefficient (Wildman–Crippen LogP) is 2.36. The molecule has 62 valence electrons. The normalized spacial score (nSPS) is 10.8. The Morgan fingerprint density at radius 2 is 2.25 bits per heavy atom. The summed E-state index contributed by atoms with van der Waals surface area (Å²) in [6.45, 7) is 2.11. The van der Waals surface area contributed by atoms with E-state index in [-0.39, 0.29) is 0 Å². The highest BCUT2D eigenvalue weighted by Crippen LogP contribution is 2.21. The number of thioether (sulfide) groups is 1. The molecule has 0 aromatic carbocycles. The second-order valence-corrected chi connectivity index (χ2v) is 3.52. The Balaban J connectivity index is 2.78. The molecule has 0 spiro atoms. The van der Waals surface area contributed by atoms with Gasteiger partial charge in [-0.1, -0.05) is 0 Å². The number of hydrogen-bond donors (Lipinski definition) is 0. The van der Waals surface area contributed by atoms with Crippen molar-refractivity contribution in [3.8, 4) is 0 Å². The summed E-state index contributed by atoms with van der Waals surface area (Å²) in [5, 5.41) is 0. The van der Waals surface area contributed by atoms with Crippen LogP contribution in [-0.2, 0) is 0 Å². The van der Waals surface area contributed by atoms with Crippen molar-refractivity contribution in [1.82, 2.24) is 9.38 Å². The topological polar surface area (TPSA) is 17.3 Å². The average molecular weight is 178 g/mol. The van der Waals surface area contributed by atoms with E-state index in [1.807, 2.05) is 23.0 Å². The predicted molar refractivity (Wildman–Crippen MR) is 51.7 cm³/mol. The lowest BCUT2D eigenvalue weighted by Gasteiger charge is -2.02. The first kappa shape index (κ1) is 7.68. The van der Waals surface area contributed by atoms with Crippen molar-refractivity contribution < 1.29 is 0 Å². The molecule has 2 nitrogen and oxygen atoms in total. The van der Waals surface area contributed by atoms with E-state index in [4.69, 9.17) is 0 Å². The maximum atomic E-state index is 4.28. The van der Waals surface area contributed by atoms with Gasteiger partial charge >= 0.3 is 0 Å². The van der Waals surface area contributed by atoms with Crippen LogP contribution in [0, 0.1) is 6.92 Å². The van der Waals surface area contributed by atoms with Gasteiger partial charge in [-0.3, -0.25) is 0 Å². The Bertz CT molecular complexity index is 406. The maximum absolute atomic E-state index is 4.28. The van der Waals surface area contributed by atoms with Crippen LogP contribution in [0.2, 0.25) is 0 Å². The summed E-state index contributed by atoms with van der Waals surface area (Å²) >= 11 is 1.76. The minimum atomic E-state index is 1.06. The van der Waals surface area contributed by atoms with Gasteiger partial charge in [0.2, 0.25) is 0 Å². The van der Waals surface area contributed by atoms with Gasteiger partial charge in [0, 0.05) is 29.0 Å². The smallest absolute Gasteiger partial charge is 0.140 e. The summed E-state index contributed by atoms with van der Waals surface area (Å²) in [7, 11) is 0. The minimum absolute atomic E-state index is 1.06. The molecule has 2 heterocycles. The molecule has 0 bridgehead atoms. The van der Waals surface area contributed by atoms with Gasteiger partial charge in [-0.15, -0.1) is 11.8 Å². The molecule has 2 rings (SSSR count). The minimum Gasteiger partial charge on any atom is -0.307 e. The summed E-state index contributed by atoms with van der Waals surface area (Å²) < 4.78 is 2.04. The third-order valence-corrected chi connectivity index (χ3v) is 2.86. The second kappa shape index (κ2) is 2.83. The molecule has 0 saturated heterocycles. The van der Waals surface area contributed by atoms with E-state index in [1.54, 1.807) is 11.8 Å². The number of hydrogen-bond acceptors (Lipinski definition) is 2. The first-order valence-electron chi connectivity index (χ1n) is 3.79. The number of rotatable bonds is 1. The van der Waals surface area contributed by atoms with Gasteiger partial charge in [-0.05, 0) is 19.2 Å². The highest BCUT2D eigenvalue weighted by Gasteiger charge is 2.02. The fraction of sp³-hybridized carbons (Fsp3) is 0.222. The van der Waals surface area contributed by atoms with Crippen LogP contribution in [0.5, 0.6) is 0 Å². The quantitative estimate of drug-likeness (QED) is 0.624. The number of aryl methyl sites for hydroxylation is 1. The van der Waals surface area contributed by atoms with Gasteiger partial charge < -0.3 is 4.40 Å². The molecule has 2 aromatic heterocycles. The van der Waals surface area contributed by atoms with Crippen molar-refractivity contribution in [2.75, 3.05) is 6.26 Å². The maximum Gasteiger partial charge on any atom is 0.140 e. The van der Waals surface area contributed by atoms with Gasteiger partial charge in [0.25, 0.3) is 0 Å². The molecule has 0 aliphatic heterocycles. The van der Waals surface area contributed by atoms with Crippen LogP contribution in [-0.4, -0.2) is 15.6 Å². The lowest BCUT2D eigenvalue weighted by Crippen LogP contribution is -1.88. The summed E-state index contributed by atoms with van der Waals surface area (Å²) in [4.78, 5) is 5.58. The molecule has 0 radical (unpaired) electrons. The monoisotopic (exact) mass is 178 g/mol. The Kier molecular flexibility index (Phi) is 1.81. The molecule has 0 N–H and O–H groups in total.